The van der Waals surface area contributed by atoms with Crippen molar-refractivity contribution in [3.8, 4) is 0 Å². The number of aromatic nitrogens is 1. The molecule has 0 saturated heterocycles. The van der Waals surface area contributed by atoms with Gasteiger partial charge in [-0.1, -0.05) is 29.5 Å². The standard InChI is InChI=1S/C12H11NO3S/c1-16-11(14)10-5-3-2-4-9(10)8-13-6-7-17-12(13)15/h2-7H,8H2,1H3. The zero-order valence-corrected chi connectivity index (χ0v) is 10.1. The number of methoxy groups -OCH3 is 1. The lowest BCUT2D eigenvalue weighted by Gasteiger charge is -2.07. The smallest absolute Gasteiger partial charge is 0.338 e. The topological polar surface area (TPSA) is 48.3 Å². The van der Waals surface area contributed by atoms with E-state index >= 15 is 0 Å². The Bertz CT molecular complexity index is 585. The first-order valence-corrected chi connectivity index (χ1v) is 5.90. The molecule has 0 aliphatic heterocycles. The molecule has 0 unspecified atom stereocenters. The van der Waals surface area contributed by atoms with E-state index in [0.29, 0.717) is 12.1 Å². The van der Waals surface area contributed by atoms with Crippen molar-refractivity contribution in [2.75, 3.05) is 7.11 Å². The molecule has 0 radical (unpaired) electrons. The van der Waals surface area contributed by atoms with Crippen LogP contribution < -0.4 is 4.87 Å². The van der Waals surface area contributed by atoms with Gasteiger partial charge in [0, 0.05) is 11.6 Å². The highest BCUT2D eigenvalue weighted by molar-refractivity contribution is 7.07. The van der Waals surface area contributed by atoms with Crippen LogP contribution in [0.4, 0.5) is 0 Å². The first kappa shape index (κ1) is 11.6. The van der Waals surface area contributed by atoms with Crippen LogP contribution >= 0.6 is 11.3 Å². The van der Waals surface area contributed by atoms with Crippen LogP contribution in [-0.4, -0.2) is 17.6 Å². The van der Waals surface area contributed by atoms with Crippen molar-refractivity contribution in [2.24, 2.45) is 0 Å². The summed E-state index contributed by atoms with van der Waals surface area (Å²) in [4.78, 5) is 22.9. The van der Waals surface area contributed by atoms with Crippen molar-refractivity contribution in [1.29, 1.82) is 0 Å². The number of carbonyl (C=O) groups is 1. The Balaban J connectivity index is 2.36. The van der Waals surface area contributed by atoms with Crippen molar-refractivity contribution < 1.29 is 9.53 Å². The van der Waals surface area contributed by atoms with Gasteiger partial charge in [0.15, 0.2) is 0 Å². The zero-order chi connectivity index (χ0) is 12.3. The van der Waals surface area contributed by atoms with Crippen LogP contribution in [0.3, 0.4) is 0 Å². The molecule has 0 fully saturated rings. The predicted octanol–water partition coefficient (Wildman–Crippen LogP) is 1.74. The normalized spacial score (nSPS) is 10.2. The maximum absolute atomic E-state index is 11.5. The molecule has 0 N–H and O–H groups in total. The van der Waals surface area contributed by atoms with Gasteiger partial charge in [0.2, 0.25) is 0 Å². The average molecular weight is 249 g/mol. The van der Waals surface area contributed by atoms with Gasteiger partial charge in [0.05, 0.1) is 19.2 Å². The highest BCUT2D eigenvalue weighted by atomic mass is 32.1. The number of esters is 1. The largest absolute Gasteiger partial charge is 0.465 e. The van der Waals surface area contributed by atoms with E-state index in [1.165, 1.54) is 7.11 Å². The summed E-state index contributed by atoms with van der Waals surface area (Å²) in [6.45, 7) is 0.383. The van der Waals surface area contributed by atoms with Crippen molar-refractivity contribution in [2.45, 2.75) is 6.54 Å². The third kappa shape index (κ3) is 2.45. The van der Waals surface area contributed by atoms with Crippen molar-refractivity contribution in [3.05, 3.63) is 56.6 Å². The quantitative estimate of drug-likeness (QED) is 0.778. The molecule has 5 heteroatoms. The van der Waals surface area contributed by atoms with Gasteiger partial charge in [0.25, 0.3) is 0 Å². The Kier molecular flexibility index (Phi) is 3.39. The molecule has 2 rings (SSSR count). The maximum atomic E-state index is 11.5. The second-order valence-corrected chi connectivity index (χ2v) is 4.30. The van der Waals surface area contributed by atoms with Gasteiger partial charge in [-0.2, -0.15) is 0 Å². The lowest BCUT2D eigenvalue weighted by molar-refractivity contribution is 0.0599. The fourth-order valence-corrected chi connectivity index (χ4v) is 2.14. The van der Waals surface area contributed by atoms with Gasteiger partial charge in [0.1, 0.15) is 0 Å². The summed E-state index contributed by atoms with van der Waals surface area (Å²) >= 11 is 1.13. The van der Waals surface area contributed by atoms with Gasteiger partial charge in [-0.05, 0) is 11.6 Å². The van der Waals surface area contributed by atoms with Crippen LogP contribution in [0.5, 0.6) is 0 Å². The molecule has 1 heterocycles. The fraction of sp³-hybridized carbons (Fsp3) is 0.167. The summed E-state index contributed by atoms with van der Waals surface area (Å²) in [5.41, 5.74) is 1.27. The van der Waals surface area contributed by atoms with Gasteiger partial charge < -0.3 is 9.30 Å². The van der Waals surface area contributed by atoms with Crippen LogP contribution in [0, 0.1) is 0 Å². The number of nitrogens with zero attached hydrogens (tertiary/aromatic N) is 1. The first-order valence-electron chi connectivity index (χ1n) is 5.02. The average Bonchev–Trinajstić information content (AvgIpc) is 2.75. The van der Waals surface area contributed by atoms with Gasteiger partial charge >= 0.3 is 10.8 Å². The second-order valence-electron chi connectivity index (χ2n) is 3.45. The second kappa shape index (κ2) is 4.97. The molecule has 2 aromatic rings. The molecule has 0 bridgehead atoms. The molecule has 1 aromatic heterocycles. The summed E-state index contributed by atoms with van der Waals surface area (Å²) in [7, 11) is 1.34. The molecule has 0 aliphatic carbocycles. The van der Waals surface area contributed by atoms with Gasteiger partial charge in [-0.3, -0.25) is 4.79 Å². The number of hydrogen-bond donors (Lipinski definition) is 0. The van der Waals surface area contributed by atoms with Crippen LogP contribution in [-0.2, 0) is 11.3 Å². The van der Waals surface area contributed by atoms with E-state index < -0.39 is 0 Å². The molecule has 0 atom stereocenters. The Hall–Kier alpha value is -1.88. The SMILES string of the molecule is COC(=O)c1ccccc1Cn1ccsc1=O. The Morgan fingerprint density at radius 2 is 2.18 bits per heavy atom. The molecular weight excluding hydrogens is 238 g/mol. The minimum Gasteiger partial charge on any atom is -0.465 e. The minimum atomic E-state index is -0.385. The van der Waals surface area contributed by atoms with E-state index in [0.717, 1.165) is 16.9 Å². The molecule has 0 spiro atoms. The highest BCUT2D eigenvalue weighted by Gasteiger charge is 2.11. The zero-order valence-electron chi connectivity index (χ0n) is 9.25. The fourth-order valence-electron chi connectivity index (χ4n) is 1.56. The number of hydrogen-bond acceptors (Lipinski definition) is 4. The van der Waals surface area contributed by atoms with E-state index in [4.69, 9.17) is 4.74 Å². The number of carbonyl (C=O) groups excluding carboxylic acids is 1. The number of ether oxygens (including phenoxy) is 1. The Morgan fingerprint density at radius 3 is 2.82 bits per heavy atom. The molecule has 0 aliphatic rings. The van der Waals surface area contributed by atoms with Crippen molar-refractivity contribution >= 4 is 17.3 Å². The highest BCUT2D eigenvalue weighted by Crippen LogP contribution is 2.11. The van der Waals surface area contributed by atoms with Crippen LogP contribution in [0.2, 0.25) is 0 Å². The lowest BCUT2D eigenvalue weighted by Crippen LogP contribution is -2.15. The van der Waals surface area contributed by atoms with E-state index in [1.807, 2.05) is 12.1 Å². The van der Waals surface area contributed by atoms with Crippen LogP contribution in [0.25, 0.3) is 0 Å². The monoisotopic (exact) mass is 249 g/mol. The molecule has 17 heavy (non-hydrogen) atoms. The lowest BCUT2D eigenvalue weighted by atomic mass is 10.1. The Morgan fingerprint density at radius 1 is 1.41 bits per heavy atom. The van der Waals surface area contributed by atoms with E-state index in [9.17, 15) is 9.59 Å². The van der Waals surface area contributed by atoms with E-state index in [-0.39, 0.29) is 10.8 Å². The first-order chi connectivity index (χ1) is 8.22. The molecule has 0 saturated carbocycles. The third-order valence-electron chi connectivity index (χ3n) is 2.41. The Labute approximate surface area is 102 Å². The van der Waals surface area contributed by atoms with Crippen LogP contribution in [0.15, 0.2) is 40.6 Å². The number of benzene rings is 1. The number of rotatable bonds is 3. The summed E-state index contributed by atoms with van der Waals surface area (Å²) in [5.74, 6) is -0.385. The molecular formula is C12H11NO3S. The molecule has 0 amide bonds. The minimum absolute atomic E-state index is 0.0373. The molecule has 88 valence electrons. The molecule has 4 nitrogen and oxygen atoms in total. The summed E-state index contributed by atoms with van der Waals surface area (Å²) in [6, 6.07) is 7.11. The summed E-state index contributed by atoms with van der Waals surface area (Å²) in [6.07, 6.45) is 1.71. The van der Waals surface area contributed by atoms with Crippen LogP contribution in [0.1, 0.15) is 15.9 Å². The van der Waals surface area contributed by atoms with Crippen molar-refractivity contribution in [1.82, 2.24) is 4.57 Å². The predicted molar refractivity (Wildman–Crippen MR) is 65.5 cm³/mol. The van der Waals surface area contributed by atoms with E-state index in [1.54, 1.807) is 28.3 Å². The van der Waals surface area contributed by atoms with Gasteiger partial charge in [-0.25, -0.2) is 4.79 Å². The molecule has 1 aromatic carbocycles. The van der Waals surface area contributed by atoms with Crippen molar-refractivity contribution in [3.63, 3.8) is 0 Å². The van der Waals surface area contributed by atoms with E-state index in [2.05, 4.69) is 0 Å². The maximum Gasteiger partial charge on any atom is 0.338 e. The third-order valence-corrected chi connectivity index (χ3v) is 3.10. The summed E-state index contributed by atoms with van der Waals surface area (Å²) in [5, 5.41) is 1.73. The summed E-state index contributed by atoms with van der Waals surface area (Å²) < 4.78 is 6.26. The number of thiazole rings is 1. The van der Waals surface area contributed by atoms with Gasteiger partial charge in [-0.15, -0.1) is 0 Å².